The summed E-state index contributed by atoms with van der Waals surface area (Å²) in [6.45, 7) is 8.75. The third kappa shape index (κ3) is 4.30. The number of benzene rings is 2. The van der Waals surface area contributed by atoms with E-state index in [-0.39, 0.29) is 5.97 Å². The first-order valence-electron chi connectivity index (χ1n) is 10.3. The second kappa shape index (κ2) is 8.86. The predicted octanol–water partition coefficient (Wildman–Crippen LogP) is 6.59. The Morgan fingerprint density at radius 3 is 2.68 bits per heavy atom. The number of anilines is 2. The minimum absolute atomic E-state index is 0.319. The van der Waals surface area contributed by atoms with Gasteiger partial charge in [-0.1, -0.05) is 31.2 Å². The van der Waals surface area contributed by atoms with Crippen molar-refractivity contribution in [2.45, 2.75) is 34.1 Å². The van der Waals surface area contributed by atoms with E-state index >= 15 is 0 Å². The number of carbonyl (C=O) groups excluding carboxylic acids is 1. The van der Waals surface area contributed by atoms with Crippen LogP contribution in [0, 0.1) is 20.8 Å². The number of rotatable bonds is 6. The molecule has 4 rings (SSSR count). The molecule has 5 nitrogen and oxygen atoms in total. The Balaban J connectivity index is 1.76. The number of fused-ring (bicyclic) bond motifs is 1. The lowest BCUT2D eigenvalue weighted by molar-refractivity contribution is 0.0505. The van der Waals surface area contributed by atoms with Gasteiger partial charge in [0.1, 0.15) is 17.0 Å². The fourth-order valence-electron chi connectivity index (χ4n) is 3.52. The number of thiophene rings is 1. The molecule has 0 aliphatic rings. The highest BCUT2D eigenvalue weighted by Crippen LogP contribution is 2.41. The van der Waals surface area contributed by atoms with Gasteiger partial charge in [-0.15, -0.1) is 11.3 Å². The molecule has 0 amide bonds. The van der Waals surface area contributed by atoms with E-state index in [4.69, 9.17) is 4.74 Å². The SMILES string of the molecule is CCCOC(=O)c1cccc(Nc2ncnc3sc(C)c(-c4ccc(C)c(C)c4)c23)c1. The molecule has 1 N–H and O–H groups in total. The van der Waals surface area contributed by atoms with Crippen LogP contribution in [0.2, 0.25) is 0 Å². The number of nitrogens with one attached hydrogen (secondary N) is 1. The number of carbonyl (C=O) groups is 1. The number of aryl methyl sites for hydroxylation is 3. The fourth-order valence-corrected chi connectivity index (χ4v) is 4.53. The predicted molar refractivity (Wildman–Crippen MR) is 127 cm³/mol. The Morgan fingerprint density at radius 2 is 1.90 bits per heavy atom. The number of hydrogen-bond acceptors (Lipinski definition) is 6. The number of aromatic nitrogens is 2. The Hall–Kier alpha value is -3.25. The van der Waals surface area contributed by atoms with Gasteiger partial charge in [-0.3, -0.25) is 0 Å². The summed E-state index contributed by atoms with van der Waals surface area (Å²) in [5.41, 5.74) is 6.11. The number of ether oxygens (including phenoxy) is 1. The Labute approximate surface area is 186 Å². The van der Waals surface area contributed by atoms with Crippen LogP contribution in [0.1, 0.15) is 39.7 Å². The van der Waals surface area contributed by atoms with Crippen LogP contribution in [0.5, 0.6) is 0 Å². The smallest absolute Gasteiger partial charge is 0.338 e. The molecule has 0 bridgehead atoms. The normalized spacial score (nSPS) is 11.0. The van der Waals surface area contributed by atoms with Crippen LogP contribution in [-0.4, -0.2) is 22.5 Å². The molecule has 0 saturated heterocycles. The Morgan fingerprint density at radius 1 is 1.06 bits per heavy atom. The van der Waals surface area contributed by atoms with Crippen molar-refractivity contribution in [3.8, 4) is 11.1 Å². The van der Waals surface area contributed by atoms with Crippen molar-refractivity contribution in [3.05, 3.63) is 70.4 Å². The summed E-state index contributed by atoms with van der Waals surface area (Å²) in [5, 5.41) is 4.39. The Kier molecular flexibility index (Phi) is 6.00. The molecule has 0 aliphatic carbocycles. The molecule has 0 spiro atoms. The van der Waals surface area contributed by atoms with Crippen molar-refractivity contribution < 1.29 is 9.53 Å². The summed E-state index contributed by atoms with van der Waals surface area (Å²) in [4.78, 5) is 23.4. The van der Waals surface area contributed by atoms with E-state index in [1.165, 1.54) is 16.0 Å². The third-order valence-corrected chi connectivity index (χ3v) is 6.27. The molecule has 158 valence electrons. The maximum Gasteiger partial charge on any atom is 0.338 e. The van der Waals surface area contributed by atoms with Gasteiger partial charge in [-0.25, -0.2) is 14.8 Å². The maximum atomic E-state index is 12.2. The highest BCUT2D eigenvalue weighted by molar-refractivity contribution is 7.19. The molecular formula is C25H25N3O2S. The largest absolute Gasteiger partial charge is 0.462 e. The van der Waals surface area contributed by atoms with Crippen LogP contribution in [0.3, 0.4) is 0 Å². The Bertz CT molecular complexity index is 1260. The number of nitrogens with zero attached hydrogens (tertiary/aromatic N) is 2. The molecule has 2 aromatic carbocycles. The molecule has 0 saturated carbocycles. The van der Waals surface area contributed by atoms with E-state index in [1.54, 1.807) is 29.8 Å². The van der Waals surface area contributed by atoms with Gasteiger partial charge in [0.25, 0.3) is 0 Å². The van der Waals surface area contributed by atoms with Crippen LogP contribution in [0.15, 0.2) is 48.8 Å². The summed E-state index contributed by atoms with van der Waals surface area (Å²) in [6, 6.07) is 13.8. The summed E-state index contributed by atoms with van der Waals surface area (Å²) >= 11 is 1.66. The number of hydrogen-bond donors (Lipinski definition) is 1. The van der Waals surface area contributed by atoms with Crippen molar-refractivity contribution in [1.29, 1.82) is 0 Å². The molecule has 4 aromatic rings. The van der Waals surface area contributed by atoms with E-state index in [0.717, 1.165) is 39.3 Å². The first-order valence-corrected chi connectivity index (χ1v) is 11.2. The van der Waals surface area contributed by atoms with Gasteiger partial charge in [-0.2, -0.15) is 0 Å². The lowest BCUT2D eigenvalue weighted by atomic mass is 9.99. The highest BCUT2D eigenvalue weighted by atomic mass is 32.1. The second-order valence-electron chi connectivity index (χ2n) is 7.58. The zero-order valence-electron chi connectivity index (χ0n) is 18.2. The first-order chi connectivity index (χ1) is 15.0. The van der Waals surface area contributed by atoms with Gasteiger partial charge in [0, 0.05) is 16.1 Å². The van der Waals surface area contributed by atoms with E-state index in [9.17, 15) is 4.79 Å². The van der Waals surface area contributed by atoms with Crippen LogP contribution >= 0.6 is 11.3 Å². The molecular weight excluding hydrogens is 406 g/mol. The zero-order valence-corrected chi connectivity index (χ0v) is 19.0. The van der Waals surface area contributed by atoms with E-state index in [2.05, 4.69) is 54.3 Å². The minimum Gasteiger partial charge on any atom is -0.462 e. The third-order valence-electron chi connectivity index (χ3n) is 5.26. The van der Waals surface area contributed by atoms with Gasteiger partial charge in [0.2, 0.25) is 0 Å². The fraction of sp³-hybridized carbons (Fsp3) is 0.240. The second-order valence-corrected chi connectivity index (χ2v) is 8.78. The zero-order chi connectivity index (χ0) is 22.0. The molecule has 2 aromatic heterocycles. The molecule has 0 aliphatic heterocycles. The van der Waals surface area contributed by atoms with E-state index in [0.29, 0.717) is 12.2 Å². The molecule has 0 atom stereocenters. The standard InChI is InChI=1S/C25H25N3O2S/c1-5-11-30-25(29)19-7-6-8-20(13-19)28-23-22-21(17(4)31-24(22)27-14-26-23)18-10-9-15(2)16(3)12-18/h6-10,12-14H,5,11H2,1-4H3,(H,26,27,28). The molecule has 31 heavy (non-hydrogen) atoms. The molecule has 2 heterocycles. The van der Waals surface area contributed by atoms with Gasteiger partial charge >= 0.3 is 5.97 Å². The van der Waals surface area contributed by atoms with Gasteiger partial charge < -0.3 is 10.1 Å². The average molecular weight is 432 g/mol. The van der Waals surface area contributed by atoms with Gasteiger partial charge in [0.05, 0.1) is 17.6 Å². The van der Waals surface area contributed by atoms with Crippen LogP contribution in [-0.2, 0) is 4.74 Å². The van der Waals surface area contributed by atoms with Crippen molar-refractivity contribution in [2.24, 2.45) is 0 Å². The van der Waals surface area contributed by atoms with Gasteiger partial charge in [-0.05, 0) is 62.1 Å². The van der Waals surface area contributed by atoms with Crippen LogP contribution in [0.25, 0.3) is 21.3 Å². The molecule has 0 radical (unpaired) electrons. The minimum atomic E-state index is -0.319. The van der Waals surface area contributed by atoms with Crippen molar-refractivity contribution in [3.63, 3.8) is 0 Å². The first kappa shape index (κ1) is 21.0. The monoisotopic (exact) mass is 431 g/mol. The topological polar surface area (TPSA) is 64.1 Å². The lowest BCUT2D eigenvalue weighted by Crippen LogP contribution is -2.06. The van der Waals surface area contributed by atoms with E-state index < -0.39 is 0 Å². The molecule has 6 heteroatoms. The molecule has 0 unspecified atom stereocenters. The van der Waals surface area contributed by atoms with E-state index in [1.807, 2.05) is 19.1 Å². The van der Waals surface area contributed by atoms with Crippen molar-refractivity contribution in [2.75, 3.05) is 11.9 Å². The summed E-state index contributed by atoms with van der Waals surface area (Å²) in [7, 11) is 0. The summed E-state index contributed by atoms with van der Waals surface area (Å²) in [6.07, 6.45) is 2.37. The number of esters is 1. The van der Waals surface area contributed by atoms with Crippen LogP contribution in [0.4, 0.5) is 11.5 Å². The summed E-state index contributed by atoms with van der Waals surface area (Å²) < 4.78 is 5.26. The average Bonchev–Trinajstić information content (AvgIpc) is 3.11. The van der Waals surface area contributed by atoms with Crippen molar-refractivity contribution >= 4 is 39.0 Å². The van der Waals surface area contributed by atoms with Crippen LogP contribution < -0.4 is 5.32 Å². The maximum absolute atomic E-state index is 12.2. The molecule has 0 fully saturated rings. The van der Waals surface area contributed by atoms with Gasteiger partial charge in [0.15, 0.2) is 0 Å². The quantitative estimate of drug-likeness (QED) is 0.349. The van der Waals surface area contributed by atoms with Crippen molar-refractivity contribution in [1.82, 2.24) is 9.97 Å². The summed E-state index contributed by atoms with van der Waals surface area (Å²) in [5.74, 6) is 0.405. The highest BCUT2D eigenvalue weighted by Gasteiger charge is 2.18. The lowest BCUT2D eigenvalue weighted by Gasteiger charge is -2.11.